The van der Waals surface area contributed by atoms with Crippen molar-refractivity contribution in [2.45, 2.75) is 40.7 Å². The third kappa shape index (κ3) is 4.45. The summed E-state index contributed by atoms with van der Waals surface area (Å²) in [5.74, 6) is -0.711. The Balaban J connectivity index is 2.05. The Morgan fingerprint density at radius 1 is 1.25 bits per heavy atom. The van der Waals surface area contributed by atoms with E-state index in [1.54, 1.807) is 0 Å². The molecule has 2 aromatic rings. The van der Waals surface area contributed by atoms with Crippen molar-refractivity contribution >= 4 is 5.97 Å². The molecular formula is C19H27N3O2. The summed E-state index contributed by atoms with van der Waals surface area (Å²) < 4.78 is 1.94. The minimum Gasteiger partial charge on any atom is -0.481 e. The zero-order valence-electron chi connectivity index (χ0n) is 14.9. The van der Waals surface area contributed by atoms with E-state index >= 15 is 0 Å². The maximum atomic E-state index is 11.3. The fourth-order valence-electron chi connectivity index (χ4n) is 2.96. The first-order valence-electron chi connectivity index (χ1n) is 8.44. The van der Waals surface area contributed by atoms with Gasteiger partial charge in [-0.05, 0) is 38.3 Å². The molecule has 2 N–H and O–H groups in total. The number of hydrogen-bond donors (Lipinski definition) is 2. The summed E-state index contributed by atoms with van der Waals surface area (Å²) in [6.45, 7) is 9.25. The largest absolute Gasteiger partial charge is 0.481 e. The maximum absolute atomic E-state index is 11.3. The predicted molar refractivity (Wildman–Crippen MR) is 95.3 cm³/mol. The van der Waals surface area contributed by atoms with Crippen LogP contribution in [0.25, 0.3) is 5.69 Å². The number of carboxylic acid groups (broad SMARTS) is 1. The van der Waals surface area contributed by atoms with Crippen LogP contribution in [0.4, 0.5) is 0 Å². The van der Waals surface area contributed by atoms with Crippen molar-refractivity contribution in [2.75, 3.05) is 6.54 Å². The van der Waals surface area contributed by atoms with Crippen molar-refractivity contribution in [3.63, 3.8) is 0 Å². The highest BCUT2D eigenvalue weighted by molar-refractivity contribution is 5.70. The average molecular weight is 329 g/mol. The summed E-state index contributed by atoms with van der Waals surface area (Å²) in [5, 5.41) is 17.2. The first-order valence-corrected chi connectivity index (χ1v) is 8.44. The molecule has 0 fully saturated rings. The van der Waals surface area contributed by atoms with E-state index in [4.69, 9.17) is 0 Å². The van der Waals surface area contributed by atoms with Gasteiger partial charge in [-0.25, -0.2) is 4.68 Å². The number of rotatable bonds is 8. The van der Waals surface area contributed by atoms with Crippen LogP contribution in [0.1, 0.15) is 37.2 Å². The van der Waals surface area contributed by atoms with Crippen LogP contribution in [-0.2, 0) is 11.3 Å². The molecule has 5 nitrogen and oxygen atoms in total. The fourth-order valence-corrected chi connectivity index (χ4v) is 2.96. The molecule has 1 atom stereocenters. The normalized spacial score (nSPS) is 12.5. The molecule has 0 saturated heterocycles. The van der Waals surface area contributed by atoms with Crippen molar-refractivity contribution < 1.29 is 9.90 Å². The third-order valence-corrected chi connectivity index (χ3v) is 4.24. The molecule has 0 aliphatic carbocycles. The van der Waals surface area contributed by atoms with Gasteiger partial charge in [0.1, 0.15) is 0 Å². The highest BCUT2D eigenvalue weighted by Gasteiger charge is 2.19. The molecule has 0 bridgehead atoms. The molecule has 1 aromatic heterocycles. The van der Waals surface area contributed by atoms with Crippen LogP contribution >= 0.6 is 0 Å². The molecule has 0 aliphatic rings. The number of nitrogens with one attached hydrogen (secondary N) is 1. The number of hydrogen-bond acceptors (Lipinski definition) is 3. The lowest BCUT2D eigenvalue weighted by Gasteiger charge is -2.15. The van der Waals surface area contributed by atoms with Crippen molar-refractivity contribution in [1.29, 1.82) is 0 Å². The van der Waals surface area contributed by atoms with Crippen molar-refractivity contribution in [3.8, 4) is 5.69 Å². The molecule has 0 radical (unpaired) electrons. The quantitative estimate of drug-likeness (QED) is 0.779. The number of benzene rings is 1. The topological polar surface area (TPSA) is 67.2 Å². The fraction of sp³-hybridized carbons (Fsp3) is 0.474. The lowest BCUT2D eigenvalue weighted by molar-refractivity contribution is -0.142. The number of carbonyl (C=O) groups is 1. The van der Waals surface area contributed by atoms with Gasteiger partial charge in [0.15, 0.2) is 0 Å². The Kier molecular flexibility index (Phi) is 6.15. The minimum atomic E-state index is -0.732. The van der Waals surface area contributed by atoms with E-state index in [-0.39, 0.29) is 5.92 Å². The summed E-state index contributed by atoms with van der Waals surface area (Å²) in [5.41, 5.74) is 4.22. The average Bonchev–Trinajstić information content (AvgIpc) is 2.82. The minimum absolute atomic E-state index is 0.352. The summed E-state index contributed by atoms with van der Waals surface area (Å²) >= 11 is 0. The number of aromatic nitrogens is 2. The van der Waals surface area contributed by atoms with Gasteiger partial charge < -0.3 is 10.4 Å². The highest BCUT2D eigenvalue weighted by atomic mass is 16.4. The van der Waals surface area contributed by atoms with E-state index in [0.717, 1.165) is 22.6 Å². The van der Waals surface area contributed by atoms with E-state index in [1.165, 1.54) is 0 Å². The molecule has 2 rings (SSSR count). The first-order chi connectivity index (χ1) is 11.4. The van der Waals surface area contributed by atoms with Gasteiger partial charge in [-0.1, -0.05) is 32.0 Å². The first kappa shape index (κ1) is 18.2. The van der Waals surface area contributed by atoms with Crippen LogP contribution in [0.2, 0.25) is 0 Å². The molecule has 0 spiro atoms. The number of nitrogens with zero attached hydrogens (tertiary/aromatic N) is 2. The van der Waals surface area contributed by atoms with Crippen LogP contribution in [0.5, 0.6) is 0 Å². The molecule has 1 unspecified atom stereocenters. The summed E-state index contributed by atoms with van der Waals surface area (Å²) in [7, 11) is 0. The Morgan fingerprint density at radius 2 is 1.92 bits per heavy atom. The van der Waals surface area contributed by atoms with Crippen LogP contribution < -0.4 is 5.32 Å². The maximum Gasteiger partial charge on any atom is 0.307 e. The monoisotopic (exact) mass is 329 g/mol. The van der Waals surface area contributed by atoms with Gasteiger partial charge in [0, 0.05) is 24.3 Å². The van der Waals surface area contributed by atoms with Gasteiger partial charge in [-0.15, -0.1) is 0 Å². The second kappa shape index (κ2) is 8.11. The Hall–Kier alpha value is -2.14. The van der Waals surface area contributed by atoms with Gasteiger partial charge in [0.05, 0.1) is 17.3 Å². The Labute approximate surface area is 143 Å². The highest BCUT2D eigenvalue weighted by Crippen LogP contribution is 2.18. The molecule has 130 valence electrons. The summed E-state index contributed by atoms with van der Waals surface area (Å²) in [4.78, 5) is 11.3. The summed E-state index contributed by atoms with van der Waals surface area (Å²) in [6.07, 6.45) is 0.684. The summed E-state index contributed by atoms with van der Waals surface area (Å²) in [6, 6.07) is 10.0. The Morgan fingerprint density at radius 3 is 2.50 bits per heavy atom. The van der Waals surface area contributed by atoms with Gasteiger partial charge in [-0.3, -0.25) is 4.79 Å². The van der Waals surface area contributed by atoms with Crippen LogP contribution in [-0.4, -0.2) is 27.4 Å². The zero-order valence-corrected chi connectivity index (χ0v) is 14.9. The van der Waals surface area contributed by atoms with Gasteiger partial charge in [-0.2, -0.15) is 5.10 Å². The molecule has 1 heterocycles. The van der Waals surface area contributed by atoms with E-state index in [1.807, 2.05) is 62.7 Å². The standard InChI is InChI=1S/C19H27N3O2/c1-13(2)10-16(19(23)24)11-20-12-18-14(3)21-22(15(18)4)17-8-6-5-7-9-17/h5-9,13,16,20H,10-12H2,1-4H3,(H,23,24). The Bertz CT molecular complexity index is 677. The van der Waals surface area contributed by atoms with E-state index < -0.39 is 5.97 Å². The van der Waals surface area contributed by atoms with Crippen molar-refractivity contribution in [3.05, 3.63) is 47.3 Å². The lowest BCUT2D eigenvalue weighted by Crippen LogP contribution is -2.29. The zero-order chi connectivity index (χ0) is 17.7. The molecule has 0 saturated carbocycles. The number of aliphatic carboxylic acids is 1. The van der Waals surface area contributed by atoms with E-state index in [9.17, 15) is 9.90 Å². The van der Waals surface area contributed by atoms with Gasteiger partial charge in [0.2, 0.25) is 0 Å². The number of carboxylic acids is 1. The predicted octanol–water partition coefficient (Wildman–Crippen LogP) is 3.33. The third-order valence-electron chi connectivity index (χ3n) is 4.24. The van der Waals surface area contributed by atoms with Gasteiger partial charge >= 0.3 is 5.97 Å². The van der Waals surface area contributed by atoms with E-state index in [0.29, 0.717) is 25.4 Å². The van der Waals surface area contributed by atoms with Crippen LogP contribution in [0, 0.1) is 25.7 Å². The van der Waals surface area contributed by atoms with Crippen LogP contribution in [0.15, 0.2) is 30.3 Å². The SMILES string of the molecule is Cc1nn(-c2ccccc2)c(C)c1CNCC(CC(C)C)C(=O)O. The van der Waals surface area contributed by atoms with Crippen LogP contribution in [0.3, 0.4) is 0 Å². The molecule has 0 aliphatic heterocycles. The molecule has 1 aromatic carbocycles. The lowest BCUT2D eigenvalue weighted by atomic mass is 9.97. The van der Waals surface area contributed by atoms with E-state index in [2.05, 4.69) is 10.4 Å². The van der Waals surface area contributed by atoms with Crippen molar-refractivity contribution in [2.24, 2.45) is 11.8 Å². The molecule has 0 amide bonds. The smallest absolute Gasteiger partial charge is 0.307 e. The second-order valence-corrected chi connectivity index (χ2v) is 6.69. The van der Waals surface area contributed by atoms with Crippen molar-refractivity contribution in [1.82, 2.24) is 15.1 Å². The number of para-hydroxylation sites is 1. The van der Waals surface area contributed by atoms with Gasteiger partial charge in [0.25, 0.3) is 0 Å². The number of aryl methyl sites for hydroxylation is 1. The molecular weight excluding hydrogens is 302 g/mol. The molecule has 5 heteroatoms. The molecule has 24 heavy (non-hydrogen) atoms. The second-order valence-electron chi connectivity index (χ2n) is 6.69.